The van der Waals surface area contributed by atoms with Gasteiger partial charge in [0.2, 0.25) is 0 Å². The van der Waals surface area contributed by atoms with Gasteiger partial charge in [0.25, 0.3) is 0 Å². The van der Waals surface area contributed by atoms with Crippen LogP contribution in [0, 0.1) is 0 Å². The summed E-state index contributed by atoms with van der Waals surface area (Å²) in [5.74, 6) is 0. The van der Waals surface area contributed by atoms with Crippen LogP contribution in [0.2, 0.25) is 0 Å². The molecule has 1 atom stereocenters. The normalized spacial score (nSPS) is 21.5. The summed E-state index contributed by atoms with van der Waals surface area (Å²) in [4.78, 5) is 0. The zero-order valence-corrected chi connectivity index (χ0v) is 9.45. The highest BCUT2D eigenvalue weighted by atomic mass is 16.7. The Hall–Kier alpha value is -0.380. The third kappa shape index (κ3) is 6.66. The molecule has 0 bridgehead atoms. The van der Waals surface area contributed by atoms with Crippen LogP contribution in [0.1, 0.15) is 32.1 Å². The van der Waals surface area contributed by atoms with Gasteiger partial charge < -0.3 is 14.2 Å². The fraction of sp³-hybridized carbons (Fsp3) is 0.833. The van der Waals surface area contributed by atoms with Crippen LogP contribution in [0.3, 0.4) is 0 Å². The van der Waals surface area contributed by atoms with Crippen molar-refractivity contribution in [3.05, 3.63) is 12.7 Å². The molecule has 1 rings (SSSR count). The SMILES string of the molecule is C=CCOCCCCOC1CCCCO1. The van der Waals surface area contributed by atoms with E-state index in [0.29, 0.717) is 6.61 Å². The van der Waals surface area contributed by atoms with Gasteiger partial charge in [0.15, 0.2) is 6.29 Å². The maximum Gasteiger partial charge on any atom is 0.157 e. The molecular weight excluding hydrogens is 192 g/mol. The van der Waals surface area contributed by atoms with Crippen molar-refractivity contribution in [1.29, 1.82) is 0 Å². The molecule has 0 spiro atoms. The number of rotatable bonds is 8. The van der Waals surface area contributed by atoms with E-state index in [1.54, 1.807) is 6.08 Å². The van der Waals surface area contributed by atoms with Crippen molar-refractivity contribution in [3.63, 3.8) is 0 Å². The third-order valence-electron chi connectivity index (χ3n) is 2.36. The molecule has 0 saturated carbocycles. The molecule has 1 heterocycles. The van der Waals surface area contributed by atoms with Gasteiger partial charge in [-0.3, -0.25) is 0 Å². The van der Waals surface area contributed by atoms with Crippen molar-refractivity contribution in [2.24, 2.45) is 0 Å². The maximum absolute atomic E-state index is 5.59. The van der Waals surface area contributed by atoms with Crippen LogP contribution in [-0.2, 0) is 14.2 Å². The highest BCUT2D eigenvalue weighted by Gasteiger charge is 2.12. The topological polar surface area (TPSA) is 27.7 Å². The molecule has 88 valence electrons. The molecule has 1 aliphatic heterocycles. The molecule has 1 unspecified atom stereocenters. The minimum absolute atomic E-state index is 0.0489. The molecule has 3 nitrogen and oxygen atoms in total. The lowest BCUT2D eigenvalue weighted by atomic mass is 10.2. The number of hydrogen-bond acceptors (Lipinski definition) is 3. The van der Waals surface area contributed by atoms with Gasteiger partial charge in [0.05, 0.1) is 6.61 Å². The van der Waals surface area contributed by atoms with Gasteiger partial charge in [0, 0.05) is 19.8 Å². The lowest BCUT2D eigenvalue weighted by molar-refractivity contribution is -0.163. The quantitative estimate of drug-likeness (QED) is 0.459. The van der Waals surface area contributed by atoms with E-state index in [9.17, 15) is 0 Å². The fourth-order valence-electron chi connectivity index (χ4n) is 1.53. The van der Waals surface area contributed by atoms with Crippen LogP contribution < -0.4 is 0 Å². The second kappa shape index (κ2) is 8.89. The first kappa shape index (κ1) is 12.7. The largest absolute Gasteiger partial charge is 0.377 e. The molecule has 0 aromatic carbocycles. The van der Waals surface area contributed by atoms with Crippen molar-refractivity contribution >= 4 is 0 Å². The Morgan fingerprint density at radius 2 is 2.13 bits per heavy atom. The smallest absolute Gasteiger partial charge is 0.157 e. The van der Waals surface area contributed by atoms with E-state index in [1.807, 2.05) is 0 Å². The summed E-state index contributed by atoms with van der Waals surface area (Å²) in [6.07, 6.45) is 7.35. The molecule has 0 aromatic heterocycles. The molecule has 0 amide bonds. The number of unbranched alkanes of at least 4 members (excludes halogenated alkanes) is 1. The highest BCUT2D eigenvalue weighted by molar-refractivity contribution is 4.63. The molecule has 3 heteroatoms. The average Bonchev–Trinajstić information content (AvgIpc) is 2.29. The zero-order chi connectivity index (χ0) is 10.8. The van der Waals surface area contributed by atoms with E-state index in [0.717, 1.165) is 39.1 Å². The zero-order valence-electron chi connectivity index (χ0n) is 9.45. The van der Waals surface area contributed by atoms with E-state index < -0.39 is 0 Å². The Bertz CT molecular complexity index is 153. The Morgan fingerprint density at radius 3 is 2.87 bits per heavy atom. The van der Waals surface area contributed by atoms with Crippen LogP contribution in [-0.4, -0.2) is 32.7 Å². The molecular formula is C12H22O3. The Balaban J connectivity index is 1.81. The van der Waals surface area contributed by atoms with Gasteiger partial charge in [-0.15, -0.1) is 6.58 Å². The second-order valence-electron chi connectivity index (χ2n) is 3.74. The van der Waals surface area contributed by atoms with E-state index >= 15 is 0 Å². The maximum atomic E-state index is 5.59. The van der Waals surface area contributed by atoms with Gasteiger partial charge >= 0.3 is 0 Å². The second-order valence-corrected chi connectivity index (χ2v) is 3.74. The van der Waals surface area contributed by atoms with Gasteiger partial charge in [-0.1, -0.05) is 6.08 Å². The van der Waals surface area contributed by atoms with Crippen LogP contribution in [0.4, 0.5) is 0 Å². The molecule has 1 aliphatic rings. The van der Waals surface area contributed by atoms with Crippen molar-refractivity contribution in [2.45, 2.75) is 38.4 Å². The fourth-order valence-corrected chi connectivity index (χ4v) is 1.53. The van der Waals surface area contributed by atoms with Crippen molar-refractivity contribution in [3.8, 4) is 0 Å². The summed E-state index contributed by atoms with van der Waals surface area (Å²) in [5.41, 5.74) is 0. The van der Waals surface area contributed by atoms with Crippen molar-refractivity contribution in [1.82, 2.24) is 0 Å². The molecule has 0 radical (unpaired) electrons. The average molecular weight is 214 g/mol. The minimum atomic E-state index is 0.0489. The summed E-state index contributed by atoms with van der Waals surface area (Å²) in [6.45, 7) is 6.66. The molecule has 0 N–H and O–H groups in total. The summed E-state index contributed by atoms with van der Waals surface area (Å²) in [5, 5.41) is 0. The first-order valence-corrected chi connectivity index (χ1v) is 5.85. The summed E-state index contributed by atoms with van der Waals surface area (Å²) in [6, 6.07) is 0. The third-order valence-corrected chi connectivity index (χ3v) is 2.36. The summed E-state index contributed by atoms with van der Waals surface area (Å²) < 4.78 is 16.3. The Morgan fingerprint density at radius 1 is 1.27 bits per heavy atom. The minimum Gasteiger partial charge on any atom is -0.377 e. The first-order chi connectivity index (χ1) is 7.43. The van der Waals surface area contributed by atoms with Crippen LogP contribution in [0.25, 0.3) is 0 Å². The van der Waals surface area contributed by atoms with Crippen LogP contribution in [0.15, 0.2) is 12.7 Å². The van der Waals surface area contributed by atoms with Crippen molar-refractivity contribution < 1.29 is 14.2 Å². The lowest BCUT2D eigenvalue weighted by Gasteiger charge is -2.22. The molecule has 15 heavy (non-hydrogen) atoms. The molecule has 0 aliphatic carbocycles. The Labute approximate surface area is 92.4 Å². The first-order valence-electron chi connectivity index (χ1n) is 5.85. The summed E-state index contributed by atoms with van der Waals surface area (Å²) in [7, 11) is 0. The predicted octanol–water partition coefficient (Wildman–Crippen LogP) is 2.51. The number of hydrogen-bond donors (Lipinski definition) is 0. The van der Waals surface area contributed by atoms with E-state index in [-0.39, 0.29) is 6.29 Å². The molecule has 0 aromatic rings. The van der Waals surface area contributed by atoms with E-state index in [4.69, 9.17) is 14.2 Å². The van der Waals surface area contributed by atoms with Crippen molar-refractivity contribution in [2.75, 3.05) is 26.4 Å². The predicted molar refractivity (Wildman–Crippen MR) is 59.8 cm³/mol. The van der Waals surface area contributed by atoms with Crippen LogP contribution >= 0.6 is 0 Å². The standard InChI is InChI=1S/C12H22O3/c1-2-8-13-9-5-6-11-15-12-7-3-4-10-14-12/h2,12H,1,3-11H2. The van der Waals surface area contributed by atoms with Gasteiger partial charge in [-0.05, 0) is 32.1 Å². The monoisotopic (exact) mass is 214 g/mol. The van der Waals surface area contributed by atoms with Crippen LogP contribution in [0.5, 0.6) is 0 Å². The van der Waals surface area contributed by atoms with Gasteiger partial charge in [-0.2, -0.15) is 0 Å². The lowest BCUT2D eigenvalue weighted by Crippen LogP contribution is -2.22. The summed E-state index contributed by atoms with van der Waals surface area (Å²) >= 11 is 0. The molecule has 1 saturated heterocycles. The van der Waals surface area contributed by atoms with E-state index in [2.05, 4.69) is 6.58 Å². The molecule has 1 fully saturated rings. The van der Waals surface area contributed by atoms with Gasteiger partial charge in [-0.25, -0.2) is 0 Å². The van der Waals surface area contributed by atoms with E-state index in [1.165, 1.54) is 12.8 Å². The highest BCUT2D eigenvalue weighted by Crippen LogP contribution is 2.13. The van der Waals surface area contributed by atoms with Gasteiger partial charge in [0.1, 0.15) is 0 Å². The Kier molecular flexibility index (Phi) is 7.52. The number of ether oxygens (including phenoxy) is 3.